The molecule has 17 heavy (non-hydrogen) atoms. The molecule has 0 amide bonds. The van der Waals surface area contributed by atoms with E-state index in [1.807, 2.05) is 0 Å². The average Bonchev–Trinajstić information content (AvgIpc) is 2.82. The molecule has 2 nitrogen and oxygen atoms in total. The van der Waals surface area contributed by atoms with E-state index in [2.05, 4.69) is 25.2 Å². The second-order valence-electron chi connectivity index (χ2n) is 5.80. The topological polar surface area (TPSA) is 21.3 Å². The standard InChI is InChI=1S/C15H27NO/c1-3-15(2)12-14(9-11-17-15)16-10-8-13-6-4-5-7-13/h6,14,16H,3-5,7-12H2,1-2H3. The van der Waals surface area contributed by atoms with Crippen molar-refractivity contribution in [3.8, 4) is 0 Å². The van der Waals surface area contributed by atoms with Crippen LogP contribution in [-0.2, 0) is 4.74 Å². The Hall–Kier alpha value is -0.340. The maximum atomic E-state index is 5.87. The first-order valence-electron chi connectivity index (χ1n) is 7.27. The fourth-order valence-electron chi connectivity index (χ4n) is 2.95. The summed E-state index contributed by atoms with van der Waals surface area (Å²) in [5.41, 5.74) is 1.78. The van der Waals surface area contributed by atoms with Gasteiger partial charge in [-0.15, -0.1) is 0 Å². The van der Waals surface area contributed by atoms with Gasteiger partial charge in [-0.25, -0.2) is 0 Å². The first kappa shape index (κ1) is 13.1. The monoisotopic (exact) mass is 237 g/mol. The quantitative estimate of drug-likeness (QED) is 0.740. The lowest BCUT2D eigenvalue weighted by molar-refractivity contribution is -0.0778. The molecule has 2 unspecified atom stereocenters. The Balaban J connectivity index is 1.68. The largest absolute Gasteiger partial charge is 0.375 e. The molecule has 2 rings (SSSR count). The third-order valence-electron chi connectivity index (χ3n) is 4.36. The third kappa shape index (κ3) is 3.82. The summed E-state index contributed by atoms with van der Waals surface area (Å²) in [7, 11) is 0. The zero-order valence-corrected chi connectivity index (χ0v) is 11.4. The Morgan fingerprint density at radius 2 is 2.41 bits per heavy atom. The molecule has 0 bridgehead atoms. The summed E-state index contributed by atoms with van der Waals surface area (Å²) in [6, 6.07) is 0.663. The highest BCUT2D eigenvalue weighted by atomic mass is 16.5. The van der Waals surface area contributed by atoms with Gasteiger partial charge in [0.05, 0.1) is 5.60 Å². The van der Waals surface area contributed by atoms with Gasteiger partial charge in [0, 0.05) is 12.6 Å². The van der Waals surface area contributed by atoms with Gasteiger partial charge in [-0.1, -0.05) is 18.6 Å². The van der Waals surface area contributed by atoms with Crippen LogP contribution in [0.2, 0.25) is 0 Å². The van der Waals surface area contributed by atoms with Crippen molar-refractivity contribution in [1.82, 2.24) is 5.32 Å². The van der Waals surface area contributed by atoms with Gasteiger partial charge >= 0.3 is 0 Å². The number of hydrogen-bond acceptors (Lipinski definition) is 2. The molecule has 1 aliphatic carbocycles. The van der Waals surface area contributed by atoms with Crippen LogP contribution in [0.15, 0.2) is 11.6 Å². The number of nitrogens with one attached hydrogen (secondary N) is 1. The Kier molecular flexibility index (Phi) is 4.63. The summed E-state index contributed by atoms with van der Waals surface area (Å²) >= 11 is 0. The first-order valence-corrected chi connectivity index (χ1v) is 7.27. The van der Waals surface area contributed by atoms with Crippen LogP contribution in [-0.4, -0.2) is 24.8 Å². The van der Waals surface area contributed by atoms with Crippen LogP contribution in [0.1, 0.15) is 58.8 Å². The van der Waals surface area contributed by atoms with Gasteiger partial charge in [0.2, 0.25) is 0 Å². The summed E-state index contributed by atoms with van der Waals surface area (Å²) in [6.07, 6.45) is 11.2. The van der Waals surface area contributed by atoms with Gasteiger partial charge in [-0.2, -0.15) is 0 Å². The molecule has 0 aromatic rings. The van der Waals surface area contributed by atoms with Gasteiger partial charge < -0.3 is 10.1 Å². The van der Waals surface area contributed by atoms with Crippen molar-refractivity contribution in [3.05, 3.63) is 11.6 Å². The number of allylic oxidation sites excluding steroid dienone is 1. The molecule has 2 aliphatic rings. The van der Waals surface area contributed by atoms with E-state index in [1.54, 1.807) is 5.57 Å². The zero-order valence-electron chi connectivity index (χ0n) is 11.4. The van der Waals surface area contributed by atoms with E-state index in [0.717, 1.165) is 19.6 Å². The summed E-state index contributed by atoms with van der Waals surface area (Å²) in [5.74, 6) is 0. The highest BCUT2D eigenvalue weighted by Gasteiger charge is 2.31. The lowest BCUT2D eigenvalue weighted by Crippen LogP contribution is -2.45. The summed E-state index contributed by atoms with van der Waals surface area (Å²) in [5, 5.41) is 3.72. The number of rotatable bonds is 5. The van der Waals surface area contributed by atoms with Crippen molar-refractivity contribution >= 4 is 0 Å². The molecule has 0 aromatic carbocycles. The Morgan fingerprint density at radius 1 is 1.53 bits per heavy atom. The fourth-order valence-corrected chi connectivity index (χ4v) is 2.95. The van der Waals surface area contributed by atoms with E-state index >= 15 is 0 Å². The van der Waals surface area contributed by atoms with Crippen LogP contribution in [0.25, 0.3) is 0 Å². The van der Waals surface area contributed by atoms with E-state index in [0.29, 0.717) is 6.04 Å². The minimum Gasteiger partial charge on any atom is -0.375 e. The van der Waals surface area contributed by atoms with E-state index in [-0.39, 0.29) is 5.60 Å². The highest BCUT2D eigenvalue weighted by molar-refractivity contribution is 5.07. The third-order valence-corrected chi connectivity index (χ3v) is 4.36. The van der Waals surface area contributed by atoms with Crippen LogP contribution in [0, 0.1) is 0 Å². The lowest BCUT2D eigenvalue weighted by atomic mass is 9.90. The minimum atomic E-state index is 0.114. The summed E-state index contributed by atoms with van der Waals surface area (Å²) in [4.78, 5) is 0. The predicted molar refractivity (Wildman–Crippen MR) is 72.2 cm³/mol. The summed E-state index contributed by atoms with van der Waals surface area (Å²) < 4.78 is 5.87. The Bertz CT molecular complexity index is 274. The van der Waals surface area contributed by atoms with Crippen LogP contribution < -0.4 is 5.32 Å². The second kappa shape index (κ2) is 6.01. The van der Waals surface area contributed by atoms with Crippen molar-refractivity contribution in [2.45, 2.75) is 70.4 Å². The molecule has 1 N–H and O–H groups in total. The minimum absolute atomic E-state index is 0.114. The fraction of sp³-hybridized carbons (Fsp3) is 0.867. The molecular weight excluding hydrogens is 210 g/mol. The molecule has 98 valence electrons. The van der Waals surface area contributed by atoms with Gasteiger partial charge in [-0.05, 0) is 58.4 Å². The molecule has 0 aromatic heterocycles. The average molecular weight is 237 g/mol. The molecule has 1 heterocycles. The van der Waals surface area contributed by atoms with E-state index < -0.39 is 0 Å². The smallest absolute Gasteiger partial charge is 0.0666 e. The van der Waals surface area contributed by atoms with Crippen molar-refractivity contribution in [3.63, 3.8) is 0 Å². The van der Waals surface area contributed by atoms with Gasteiger partial charge in [0.1, 0.15) is 0 Å². The van der Waals surface area contributed by atoms with Crippen molar-refractivity contribution in [2.24, 2.45) is 0 Å². The van der Waals surface area contributed by atoms with Crippen molar-refractivity contribution in [1.29, 1.82) is 0 Å². The highest BCUT2D eigenvalue weighted by Crippen LogP contribution is 2.28. The molecule has 0 radical (unpaired) electrons. The van der Waals surface area contributed by atoms with E-state index in [9.17, 15) is 0 Å². The molecule has 2 atom stereocenters. The molecule has 1 fully saturated rings. The maximum absolute atomic E-state index is 5.87. The van der Waals surface area contributed by atoms with Gasteiger partial charge in [-0.3, -0.25) is 0 Å². The van der Waals surface area contributed by atoms with Crippen LogP contribution in [0.4, 0.5) is 0 Å². The van der Waals surface area contributed by atoms with Crippen LogP contribution in [0.3, 0.4) is 0 Å². The second-order valence-corrected chi connectivity index (χ2v) is 5.80. The molecular formula is C15H27NO. The first-order chi connectivity index (χ1) is 8.22. The van der Waals surface area contributed by atoms with Crippen molar-refractivity contribution in [2.75, 3.05) is 13.2 Å². The van der Waals surface area contributed by atoms with E-state index in [1.165, 1.54) is 38.5 Å². The molecule has 2 heteroatoms. The normalized spacial score (nSPS) is 33.8. The Labute approximate surface area is 106 Å². The number of ether oxygens (including phenoxy) is 1. The SMILES string of the molecule is CCC1(C)CC(NCCC2=CCCC2)CCO1. The van der Waals surface area contributed by atoms with Crippen LogP contribution >= 0.6 is 0 Å². The maximum Gasteiger partial charge on any atom is 0.0666 e. The molecule has 1 saturated heterocycles. The predicted octanol–water partition coefficient (Wildman–Crippen LogP) is 3.42. The van der Waals surface area contributed by atoms with Crippen molar-refractivity contribution < 1.29 is 4.74 Å². The molecule has 0 spiro atoms. The number of hydrogen-bond donors (Lipinski definition) is 1. The summed E-state index contributed by atoms with van der Waals surface area (Å²) in [6.45, 7) is 6.55. The Morgan fingerprint density at radius 3 is 3.12 bits per heavy atom. The van der Waals surface area contributed by atoms with E-state index in [4.69, 9.17) is 4.74 Å². The zero-order chi connectivity index (χ0) is 12.1. The van der Waals surface area contributed by atoms with Crippen LogP contribution in [0.5, 0.6) is 0 Å². The lowest BCUT2D eigenvalue weighted by Gasteiger charge is -2.38. The van der Waals surface area contributed by atoms with Gasteiger partial charge in [0.25, 0.3) is 0 Å². The molecule has 1 aliphatic heterocycles. The van der Waals surface area contributed by atoms with Gasteiger partial charge in [0.15, 0.2) is 0 Å². The molecule has 0 saturated carbocycles.